The van der Waals surface area contributed by atoms with E-state index < -0.39 is 5.24 Å². The van der Waals surface area contributed by atoms with Crippen molar-refractivity contribution in [2.24, 2.45) is 0 Å². The smallest absolute Gasteiger partial charge is 0.253 e. The molecule has 0 amide bonds. The number of phenols is 1. The van der Waals surface area contributed by atoms with E-state index in [1.165, 1.54) is 18.2 Å². The SMILES string of the molecule is O=C(Cl)c1ccc(O)cc1Cl. The Morgan fingerprint density at radius 3 is 2.55 bits per heavy atom. The lowest BCUT2D eigenvalue weighted by atomic mass is 10.2. The van der Waals surface area contributed by atoms with Crippen LogP contribution in [0.2, 0.25) is 5.02 Å². The van der Waals surface area contributed by atoms with Gasteiger partial charge in [0, 0.05) is 0 Å². The van der Waals surface area contributed by atoms with Gasteiger partial charge in [-0.25, -0.2) is 0 Å². The summed E-state index contributed by atoms with van der Waals surface area (Å²) >= 11 is 10.7. The predicted octanol–water partition coefficient (Wildman–Crippen LogP) is 2.42. The highest BCUT2D eigenvalue weighted by Gasteiger charge is 2.06. The number of hydrogen-bond acceptors (Lipinski definition) is 2. The number of aromatic hydroxyl groups is 1. The highest BCUT2D eigenvalue weighted by molar-refractivity contribution is 6.68. The Hall–Kier alpha value is -0.730. The largest absolute Gasteiger partial charge is 0.508 e. The molecule has 0 aliphatic rings. The molecule has 1 aromatic carbocycles. The van der Waals surface area contributed by atoms with E-state index >= 15 is 0 Å². The minimum atomic E-state index is -0.630. The molecule has 0 spiro atoms. The molecular formula is C7H4Cl2O2. The third kappa shape index (κ3) is 1.85. The van der Waals surface area contributed by atoms with Crippen molar-refractivity contribution < 1.29 is 9.90 Å². The van der Waals surface area contributed by atoms with Crippen LogP contribution in [-0.2, 0) is 0 Å². The van der Waals surface area contributed by atoms with Crippen LogP contribution in [0.3, 0.4) is 0 Å². The Bertz CT molecular complexity index is 296. The van der Waals surface area contributed by atoms with Gasteiger partial charge in [-0.3, -0.25) is 4.79 Å². The van der Waals surface area contributed by atoms with Crippen LogP contribution in [0.25, 0.3) is 0 Å². The number of halogens is 2. The fraction of sp³-hybridized carbons (Fsp3) is 0. The van der Waals surface area contributed by atoms with E-state index in [4.69, 9.17) is 28.3 Å². The third-order valence-electron chi connectivity index (χ3n) is 1.16. The van der Waals surface area contributed by atoms with Crippen LogP contribution in [0.5, 0.6) is 5.75 Å². The van der Waals surface area contributed by atoms with E-state index in [1.54, 1.807) is 0 Å². The number of carbonyl (C=O) groups is 1. The van der Waals surface area contributed by atoms with Gasteiger partial charge in [-0.1, -0.05) is 11.6 Å². The second-order valence-corrected chi connectivity index (χ2v) is 2.69. The van der Waals surface area contributed by atoms with Gasteiger partial charge >= 0.3 is 0 Å². The van der Waals surface area contributed by atoms with Gasteiger partial charge in [0.2, 0.25) is 0 Å². The first kappa shape index (κ1) is 8.37. The van der Waals surface area contributed by atoms with E-state index in [-0.39, 0.29) is 16.3 Å². The van der Waals surface area contributed by atoms with Gasteiger partial charge in [0.1, 0.15) is 5.75 Å². The molecule has 0 saturated heterocycles. The molecule has 0 radical (unpaired) electrons. The van der Waals surface area contributed by atoms with Gasteiger partial charge in [-0.05, 0) is 29.8 Å². The molecule has 1 aromatic rings. The summed E-state index contributed by atoms with van der Waals surface area (Å²) < 4.78 is 0. The summed E-state index contributed by atoms with van der Waals surface area (Å²) in [6.07, 6.45) is 0. The van der Waals surface area contributed by atoms with Crippen molar-refractivity contribution in [3.63, 3.8) is 0 Å². The van der Waals surface area contributed by atoms with Crippen LogP contribution in [0, 0.1) is 0 Å². The lowest BCUT2D eigenvalue weighted by Crippen LogP contribution is -1.88. The summed E-state index contributed by atoms with van der Waals surface area (Å²) in [5, 5.41) is 8.41. The van der Waals surface area contributed by atoms with Crippen molar-refractivity contribution in [1.29, 1.82) is 0 Å². The molecule has 1 rings (SSSR count). The van der Waals surface area contributed by atoms with Crippen LogP contribution in [0.15, 0.2) is 18.2 Å². The van der Waals surface area contributed by atoms with Crippen LogP contribution in [0.4, 0.5) is 0 Å². The molecule has 0 bridgehead atoms. The number of phenolic OH excluding ortho intramolecular Hbond substituents is 1. The molecule has 0 saturated carbocycles. The second kappa shape index (κ2) is 3.11. The minimum absolute atomic E-state index is 0.0108. The van der Waals surface area contributed by atoms with Crippen molar-refractivity contribution in [2.75, 3.05) is 0 Å². The number of carbonyl (C=O) groups excluding carboxylic acids is 1. The van der Waals surface area contributed by atoms with Gasteiger partial charge in [0.25, 0.3) is 5.24 Å². The predicted molar refractivity (Wildman–Crippen MR) is 43.3 cm³/mol. The van der Waals surface area contributed by atoms with E-state index in [9.17, 15) is 4.79 Å². The number of rotatable bonds is 1. The Balaban J connectivity index is 3.20. The zero-order valence-corrected chi connectivity index (χ0v) is 6.86. The molecule has 1 N–H and O–H groups in total. The topological polar surface area (TPSA) is 37.3 Å². The summed E-state index contributed by atoms with van der Waals surface area (Å²) in [5.41, 5.74) is 0.200. The Kier molecular flexibility index (Phi) is 2.37. The van der Waals surface area contributed by atoms with Gasteiger partial charge in [0.15, 0.2) is 0 Å². The molecule has 0 aliphatic heterocycles. The van der Waals surface area contributed by atoms with Crippen molar-refractivity contribution in [3.8, 4) is 5.75 Å². The number of benzene rings is 1. The standard InChI is InChI=1S/C7H4Cl2O2/c8-6-3-4(10)1-2-5(6)7(9)11/h1-3,10H. The third-order valence-corrected chi connectivity index (χ3v) is 1.68. The summed E-state index contributed by atoms with van der Waals surface area (Å²) in [5.74, 6) is 0.0108. The monoisotopic (exact) mass is 190 g/mol. The summed E-state index contributed by atoms with van der Waals surface area (Å²) in [6, 6.07) is 3.98. The van der Waals surface area contributed by atoms with E-state index in [0.29, 0.717) is 0 Å². The van der Waals surface area contributed by atoms with Crippen molar-refractivity contribution in [1.82, 2.24) is 0 Å². The first-order chi connectivity index (χ1) is 5.11. The lowest BCUT2D eigenvalue weighted by molar-refractivity contribution is 0.108. The maximum atomic E-state index is 10.6. The molecule has 0 aromatic heterocycles. The van der Waals surface area contributed by atoms with Crippen LogP contribution in [0.1, 0.15) is 10.4 Å². The average molecular weight is 191 g/mol. The average Bonchev–Trinajstić information content (AvgIpc) is 1.85. The normalized spacial score (nSPS) is 9.64. The molecule has 2 nitrogen and oxygen atoms in total. The first-order valence-corrected chi connectivity index (χ1v) is 3.55. The fourth-order valence-electron chi connectivity index (χ4n) is 0.663. The Morgan fingerprint density at radius 2 is 2.09 bits per heavy atom. The summed E-state index contributed by atoms with van der Waals surface area (Å²) in [4.78, 5) is 10.6. The maximum absolute atomic E-state index is 10.6. The fourth-order valence-corrected chi connectivity index (χ4v) is 1.14. The lowest BCUT2D eigenvalue weighted by Gasteiger charge is -1.97. The molecule has 0 heterocycles. The molecule has 4 heteroatoms. The second-order valence-electron chi connectivity index (χ2n) is 1.94. The van der Waals surface area contributed by atoms with Crippen LogP contribution >= 0.6 is 23.2 Å². The maximum Gasteiger partial charge on any atom is 0.253 e. The summed E-state index contributed by atoms with van der Waals surface area (Å²) in [7, 11) is 0. The number of hydrogen-bond donors (Lipinski definition) is 1. The van der Waals surface area contributed by atoms with Gasteiger partial charge in [0.05, 0.1) is 10.6 Å². The van der Waals surface area contributed by atoms with Crippen molar-refractivity contribution in [2.45, 2.75) is 0 Å². The quantitative estimate of drug-likeness (QED) is 0.692. The van der Waals surface area contributed by atoms with Gasteiger partial charge in [-0.15, -0.1) is 0 Å². The molecular weight excluding hydrogens is 187 g/mol. The van der Waals surface area contributed by atoms with E-state index in [2.05, 4.69) is 0 Å². The Morgan fingerprint density at radius 1 is 1.45 bits per heavy atom. The van der Waals surface area contributed by atoms with Gasteiger partial charge < -0.3 is 5.11 Å². The van der Waals surface area contributed by atoms with Crippen molar-refractivity contribution >= 4 is 28.4 Å². The zero-order valence-electron chi connectivity index (χ0n) is 5.34. The van der Waals surface area contributed by atoms with E-state index in [0.717, 1.165) is 0 Å². The zero-order chi connectivity index (χ0) is 8.43. The minimum Gasteiger partial charge on any atom is -0.508 e. The molecule has 0 aliphatic carbocycles. The molecule has 58 valence electrons. The first-order valence-electron chi connectivity index (χ1n) is 2.79. The highest BCUT2D eigenvalue weighted by atomic mass is 35.5. The molecule has 11 heavy (non-hydrogen) atoms. The van der Waals surface area contributed by atoms with Crippen LogP contribution in [-0.4, -0.2) is 10.3 Å². The Labute approximate surface area is 73.4 Å². The molecule has 0 atom stereocenters. The van der Waals surface area contributed by atoms with E-state index in [1.807, 2.05) is 0 Å². The highest BCUT2D eigenvalue weighted by Crippen LogP contribution is 2.22. The van der Waals surface area contributed by atoms with Crippen LogP contribution < -0.4 is 0 Å². The summed E-state index contributed by atoms with van der Waals surface area (Å²) in [6.45, 7) is 0. The van der Waals surface area contributed by atoms with Crippen molar-refractivity contribution in [3.05, 3.63) is 28.8 Å². The molecule has 0 fully saturated rings. The van der Waals surface area contributed by atoms with Gasteiger partial charge in [-0.2, -0.15) is 0 Å². The molecule has 0 unspecified atom stereocenters.